The van der Waals surface area contributed by atoms with Gasteiger partial charge in [-0.3, -0.25) is 0 Å². The lowest BCUT2D eigenvalue weighted by Gasteiger charge is -2.18. The van der Waals surface area contributed by atoms with Crippen LogP contribution in [-0.2, 0) is 4.79 Å². The summed E-state index contributed by atoms with van der Waals surface area (Å²) in [6, 6.07) is -0.392. The molecule has 0 aromatic rings. The molecule has 0 fully saturated rings. The second kappa shape index (κ2) is 7.89. The van der Waals surface area contributed by atoms with Crippen molar-refractivity contribution in [3.63, 3.8) is 0 Å². The summed E-state index contributed by atoms with van der Waals surface area (Å²) < 4.78 is 0. The Hall–Kier alpha value is -1.34. The molecule has 0 saturated carbocycles. The number of hydrogen-bond donors (Lipinski definition) is 4. The standard InChI is InChI=1S/C9H19N3O4/c1-10-4-3-5-12(2)9(16)11-6-7(13)8(14)15/h7,10,13H,3-6H2,1-2H3,(H,11,16)(H,14,15). The van der Waals surface area contributed by atoms with Gasteiger partial charge in [-0.15, -0.1) is 0 Å². The van der Waals surface area contributed by atoms with Crippen LogP contribution in [0.2, 0.25) is 0 Å². The Labute approximate surface area is 94.4 Å². The number of nitrogens with zero attached hydrogens (tertiary/aromatic N) is 1. The number of hydrogen-bond acceptors (Lipinski definition) is 4. The van der Waals surface area contributed by atoms with Crippen LogP contribution in [-0.4, -0.2) is 66.9 Å². The van der Waals surface area contributed by atoms with Gasteiger partial charge in [0.25, 0.3) is 0 Å². The minimum atomic E-state index is -1.56. The molecule has 16 heavy (non-hydrogen) atoms. The molecule has 7 nitrogen and oxygen atoms in total. The molecule has 0 spiro atoms. The predicted octanol–water partition coefficient (Wildman–Crippen LogP) is -1.32. The van der Waals surface area contributed by atoms with Crippen LogP contribution in [0.3, 0.4) is 0 Å². The van der Waals surface area contributed by atoms with Crippen LogP contribution in [0.15, 0.2) is 0 Å². The monoisotopic (exact) mass is 233 g/mol. The molecule has 2 amide bonds. The first kappa shape index (κ1) is 14.7. The normalized spacial score (nSPS) is 11.9. The quantitative estimate of drug-likeness (QED) is 0.409. The molecule has 0 bridgehead atoms. The number of aliphatic carboxylic acids is 1. The van der Waals surface area contributed by atoms with Crippen molar-refractivity contribution in [2.45, 2.75) is 12.5 Å². The molecule has 7 heteroatoms. The van der Waals surface area contributed by atoms with Crippen molar-refractivity contribution in [3.8, 4) is 0 Å². The Morgan fingerprint density at radius 1 is 1.44 bits per heavy atom. The highest BCUT2D eigenvalue weighted by Crippen LogP contribution is 1.88. The fourth-order valence-corrected chi connectivity index (χ4v) is 1.00. The van der Waals surface area contributed by atoms with Crippen LogP contribution in [0, 0.1) is 0 Å². The maximum atomic E-state index is 11.4. The van der Waals surface area contributed by atoms with Crippen molar-refractivity contribution >= 4 is 12.0 Å². The molecule has 0 aromatic heterocycles. The van der Waals surface area contributed by atoms with E-state index in [-0.39, 0.29) is 6.54 Å². The summed E-state index contributed by atoms with van der Waals surface area (Å²) in [5.41, 5.74) is 0. The Morgan fingerprint density at radius 2 is 2.06 bits per heavy atom. The van der Waals surface area contributed by atoms with Crippen molar-refractivity contribution in [2.24, 2.45) is 0 Å². The summed E-state index contributed by atoms with van der Waals surface area (Å²) in [5.74, 6) is -1.35. The lowest BCUT2D eigenvalue weighted by Crippen LogP contribution is -2.43. The van der Waals surface area contributed by atoms with Gasteiger partial charge >= 0.3 is 12.0 Å². The number of amides is 2. The molecular formula is C9H19N3O4. The number of aliphatic hydroxyl groups excluding tert-OH is 1. The first-order valence-electron chi connectivity index (χ1n) is 5.03. The van der Waals surface area contributed by atoms with Gasteiger partial charge in [0, 0.05) is 13.6 Å². The van der Waals surface area contributed by atoms with Crippen LogP contribution in [0.5, 0.6) is 0 Å². The van der Waals surface area contributed by atoms with Gasteiger partial charge in [-0.1, -0.05) is 0 Å². The van der Waals surface area contributed by atoms with E-state index in [1.807, 2.05) is 7.05 Å². The third-order valence-corrected chi connectivity index (χ3v) is 2.00. The zero-order chi connectivity index (χ0) is 12.6. The lowest BCUT2D eigenvalue weighted by atomic mass is 10.3. The lowest BCUT2D eigenvalue weighted by molar-refractivity contribution is -0.146. The number of carbonyl (C=O) groups is 2. The molecule has 0 saturated heterocycles. The largest absolute Gasteiger partial charge is 0.479 e. The maximum Gasteiger partial charge on any atom is 0.334 e. The number of rotatable bonds is 7. The van der Waals surface area contributed by atoms with Crippen LogP contribution < -0.4 is 10.6 Å². The topological polar surface area (TPSA) is 102 Å². The fourth-order valence-electron chi connectivity index (χ4n) is 1.00. The van der Waals surface area contributed by atoms with Crippen molar-refractivity contribution in [1.82, 2.24) is 15.5 Å². The summed E-state index contributed by atoms with van der Waals surface area (Å²) in [4.78, 5) is 23.1. The molecule has 0 aliphatic rings. The minimum absolute atomic E-state index is 0.287. The third kappa shape index (κ3) is 6.20. The van der Waals surface area contributed by atoms with Crippen molar-refractivity contribution in [3.05, 3.63) is 0 Å². The van der Waals surface area contributed by atoms with E-state index in [2.05, 4.69) is 10.6 Å². The number of nitrogens with one attached hydrogen (secondary N) is 2. The van der Waals surface area contributed by atoms with Crippen molar-refractivity contribution in [1.29, 1.82) is 0 Å². The second-order valence-corrected chi connectivity index (χ2v) is 3.42. The van der Waals surface area contributed by atoms with Gasteiger partial charge in [-0.2, -0.15) is 0 Å². The van der Waals surface area contributed by atoms with Gasteiger partial charge < -0.3 is 25.7 Å². The molecule has 0 aliphatic heterocycles. The van der Waals surface area contributed by atoms with Crippen LogP contribution >= 0.6 is 0 Å². The van der Waals surface area contributed by atoms with Crippen molar-refractivity contribution < 1.29 is 19.8 Å². The molecule has 4 N–H and O–H groups in total. The Morgan fingerprint density at radius 3 is 2.56 bits per heavy atom. The Balaban J connectivity index is 3.74. The number of aliphatic hydroxyl groups is 1. The Bertz CT molecular complexity index is 235. The molecular weight excluding hydrogens is 214 g/mol. The number of carboxylic acids is 1. The fraction of sp³-hybridized carbons (Fsp3) is 0.778. The predicted molar refractivity (Wildman–Crippen MR) is 58.2 cm³/mol. The first-order valence-corrected chi connectivity index (χ1v) is 5.03. The van der Waals surface area contributed by atoms with Crippen LogP contribution in [0.4, 0.5) is 4.79 Å². The van der Waals surface area contributed by atoms with Crippen molar-refractivity contribution in [2.75, 3.05) is 33.7 Å². The van der Waals surface area contributed by atoms with Gasteiger partial charge in [0.2, 0.25) is 0 Å². The van der Waals surface area contributed by atoms with E-state index in [0.29, 0.717) is 6.54 Å². The second-order valence-electron chi connectivity index (χ2n) is 3.42. The number of carboxylic acid groups (broad SMARTS) is 1. The minimum Gasteiger partial charge on any atom is -0.479 e. The van der Waals surface area contributed by atoms with Crippen LogP contribution in [0.25, 0.3) is 0 Å². The summed E-state index contributed by atoms with van der Waals surface area (Å²) in [5, 5.41) is 22.6. The van der Waals surface area contributed by atoms with E-state index in [0.717, 1.165) is 13.0 Å². The van der Waals surface area contributed by atoms with E-state index in [1.165, 1.54) is 4.90 Å². The molecule has 0 rings (SSSR count). The smallest absolute Gasteiger partial charge is 0.334 e. The molecule has 1 unspecified atom stereocenters. The van der Waals surface area contributed by atoms with Gasteiger partial charge in [0.05, 0.1) is 6.54 Å². The third-order valence-electron chi connectivity index (χ3n) is 2.00. The van der Waals surface area contributed by atoms with E-state index in [9.17, 15) is 9.59 Å². The molecule has 0 heterocycles. The zero-order valence-corrected chi connectivity index (χ0v) is 9.56. The number of carbonyl (C=O) groups excluding carboxylic acids is 1. The van der Waals surface area contributed by atoms with E-state index in [1.54, 1.807) is 7.05 Å². The summed E-state index contributed by atoms with van der Waals surface area (Å²) in [6.07, 6.45) is -0.753. The Kier molecular flexibility index (Phi) is 7.23. The highest BCUT2D eigenvalue weighted by atomic mass is 16.4. The maximum absolute atomic E-state index is 11.4. The summed E-state index contributed by atoms with van der Waals surface area (Å²) in [6.45, 7) is 1.08. The molecule has 0 radical (unpaired) electrons. The van der Waals surface area contributed by atoms with E-state index < -0.39 is 18.1 Å². The van der Waals surface area contributed by atoms with E-state index >= 15 is 0 Å². The average molecular weight is 233 g/mol. The van der Waals surface area contributed by atoms with Gasteiger partial charge in [0.1, 0.15) is 0 Å². The molecule has 0 aliphatic carbocycles. The SMILES string of the molecule is CNCCCN(C)C(=O)NCC(O)C(=O)O. The summed E-state index contributed by atoms with van der Waals surface area (Å²) in [7, 11) is 3.43. The zero-order valence-electron chi connectivity index (χ0n) is 9.56. The molecule has 1 atom stereocenters. The average Bonchev–Trinajstić information content (AvgIpc) is 2.25. The highest BCUT2D eigenvalue weighted by molar-refractivity contribution is 5.76. The molecule has 0 aromatic carbocycles. The summed E-state index contributed by atoms with van der Waals surface area (Å²) >= 11 is 0. The van der Waals surface area contributed by atoms with Gasteiger partial charge in [-0.25, -0.2) is 9.59 Å². The van der Waals surface area contributed by atoms with Gasteiger partial charge in [0.15, 0.2) is 6.10 Å². The highest BCUT2D eigenvalue weighted by Gasteiger charge is 2.15. The molecule has 94 valence electrons. The van der Waals surface area contributed by atoms with E-state index in [4.69, 9.17) is 10.2 Å². The first-order chi connectivity index (χ1) is 7.49. The van der Waals surface area contributed by atoms with Gasteiger partial charge in [-0.05, 0) is 20.0 Å². The van der Waals surface area contributed by atoms with Crippen LogP contribution in [0.1, 0.15) is 6.42 Å². The number of urea groups is 1.